The summed E-state index contributed by atoms with van der Waals surface area (Å²) in [7, 11) is 0. The molecule has 0 unspecified atom stereocenters. The second-order valence-electron chi connectivity index (χ2n) is 6.63. The maximum absolute atomic E-state index is 10.6. The summed E-state index contributed by atoms with van der Waals surface area (Å²) < 4.78 is 0. The molecular formula is C20H24O2S. The molecule has 23 heavy (non-hydrogen) atoms. The predicted octanol–water partition coefficient (Wildman–Crippen LogP) is 5.45. The first-order valence-corrected chi connectivity index (χ1v) is 8.82. The maximum atomic E-state index is 10.6. The average molecular weight is 328 g/mol. The Morgan fingerprint density at radius 3 is 2.74 bits per heavy atom. The van der Waals surface area contributed by atoms with Gasteiger partial charge in [-0.25, -0.2) is 4.79 Å². The van der Waals surface area contributed by atoms with E-state index < -0.39 is 5.97 Å². The lowest BCUT2D eigenvalue weighted by Gasteiger charge is -2.32. The van der Waals surface area contributed by atoms with Crippen LogP contribution in [0.4, 0.5) is 0 Å². The van der Waals surface area contributed by atoms with Crippen molar-refractivity contribution >= 4 is 23.3 Å². The molecule has 0 fully saturated rings. The number of benzene rings is 1. The molecule has 0 atom stereocenters. The normalized spacial score (nSPS) is 18.1. The molecule has 1 aliphatic heterocycles. The maximum Gasteiger partial charge on any atom is 0.328 e. The smallest absolute Gasteiger partial charge is 0.328 e. The second kappa shape index (κ2) is 7.22. The molecular weight excluding hydrogens is 304 g/mol. The van der Waals surface area contributed by atoms with Crippen molar-refractivity contribution < 1.29 is 9.90 Å². The quantitative estimate of drug-likeness (QED) is 0.590. The lowest BCUT2D eigenvalue weighted by molar-refractivity contribution is -0.131. The molecule has 1 aliphatic rings. The van der Waals surface area contributed by atoms with Crippen LogP contribution in [0.5, 0.6) is 0 Å². The fraction of sp³-hybridized carbons (Fsp3) is 0.350. The van der Waals surface area contributed by atoms with Gasteiger partial charge in [-0.1, -0.05) is 38.1 Å². The van der Waals surface area contributed by atoms with Crippen molar-refractivity contribution in [3.8, 4) is 0 Å². The Hall–Kier alpha value is -1.74. The summed E-state index contributed by atoms with van der Waals surface area (Å²) in [5.41, 5.74) is 4.80. The summed E-state index contributed by atoms with van der Waals surface area (Å²) in [5.74, 6) is 0.272. The Bertz CT molecular complexity index is 694. The van der Waals surface area contributed by atoms with E-state index in [1.807, 2.05) is 30.0 Å². The number of thioether (sulfide) groups is 1. The van der Waals surface area contributed by atoms with Gasteiger partial charge in [0, 0.05) is 11.0 Å². The number of carbonyl (C=O) groups is 1. The Balaban J connectivity index is 2.23. The summed E-state index contributed by atoms with van der Waals surface area (Å²) in [6, 6.07) is 6.71. The zero-order chi connectivity index (χ0) is 17.0. The van der Waals surface area contributed by atoms with Gasteiger partial charge in [-0.05, 0) is 65.8 Å². The van der Waals surface area contributed by atoms with Crippen LogP contribution in [-0.4, -0.2) is 16.8 Å². The molecule has 0 bridgehead atoms. The minimum atomic E-state index is -0.915. The van der Waals surface area contributed by atoms with E-state index in [1.54, 1.807) is 6.92 Å². The van der Waals surface area contributed by atoms with E-state index in [2.05, 4.69) is 39.0 Å². The minimum absolute atomic E-state index is 0.230. The molecule has 0 spiro atoms. The molecule has 0 saturated heterocycles. The van der Waals surface area contributed by atoms with Gasteiger partial charge in [0.2, 0.25) is 0 Å². The zero-order valence-corrected chi connectivity index (χ0v) is 15.0. The van der Waals surface area contributed by atoms with Gasteiger partial charge in [0.1, 0.15) is 0 Å². The van der Waals surface area contributed by atoms with Gasteiger partial charge in [0.05, 0.1) is 0 Å². The van der Waals surface area contributed by atoms with Crippen LogP contribution in [0.15, 0.2) is 53.0 Å². The van der Waals surface area contributed by atoms with Crippen LogP contribution in [-0.2, 0) is 10.2 Å². The number of hydrogen-bond acceptors (Lipinski definition) is 2. The van der Waals surface area contributed by atoms with E-state index in [1.165, 1.54) is 39.8 Å². The molecule has 122 valence electrons. The number of carboxylic acids is 1. The summed E-state index contributed by atoms with van der Waals surface area (Å²) in [5, 5.41) is 8.70. The largest absolute Gasteiger partial charge is 0.478 e. The van der Waals surface area contributed by atoms with Crippen LogP contribution in [0, 0.1) is 0 Å². The van der Waals surface area contributed by atoms with Gasteiger partial charge in [0.15, 0.2) is 0 Å². The topological polar surface area (TPSA) is 37.3 Å². The molecule has 2 rings (SSSR count). The van der Waals surface area contributed by atoms with E-state index in [0.717, 1.165) is 5.57 Å². The lowest BCUT2D eigenvalue weighted by Crippen LogP contribution is -2.22. The summed E-state index contributed by atoms with van der Waals surface area (Å²) in [4.78, 5) is 12.0. The van der Waals surface area contributed by atoms with E-state index in [-0.39, 0.29) is 5.41 Å². The highest BCUT2D eigenvalue weighted by Gasteiger charge is 2.27. The van der Waals surface area contributed by atoms with Gasteiger partial charge in [-0.2, -0.15) is 0 Å². The van der Waals surface area contributed by atoms with E-state index >= 15 is 0 Å². The Morgan fingerprint density at radius 1 is 1.30 bits per heavy atom. The van der Waals surface area contributed by atoms with Crippen LogP contribution in [0.1, 0.15) is 45.2 Å². The molecule has 1 aromatic rings. The van der Waals surface area contributed by atoms with Crippen molar-refractivity contribution in [3.05, 3.63) is 59.2 Å². The monoisotopic (exact) mass is 328 g/mol. The second-order valence-corrected chi connectivity index (χ2v) is 7.77. The third-order valence-corrected chi connectivity index (χ3v) is 5.28. The molecule has 1 N–H and O–H groups in total. The zero-order valence-electron chi connectivity index (χ0n) is 14.2. The highest BCUT2D eigenvalue weighted by Crippen LogP contribution is 2.42. The average Bonchev–Trinajstić information content (AvgIpc) is 2.45. The fourth-order valence-corrected chi connectivity index (χ4v) is 4.15. The molecule has 2 nitrogen and oxygen atoms in total. The van der Waals surface area contributed by atoms with Crippen molar-refractivity contribution in [2.45, 2.75) is 44.4 Å². The van der Waals surface area contributed by atoms with Crippen LogP contribution >= 0.6 is 11.8 Å². The van der Waals surface area contributed by atoms with Crippen molar-refractivity contribution in [2.75, 3.05) is 5.75 Å². The molecule has 1 aromatic carbocycles. The van der Waals surface area contributed by atoms with E-state index in [4.69, 9.17) is 5.11 Å². The summed E-state index contributed by atoms with van der Waals surface area (Å²) in [6.07, 6.45) is 8.16. The van der Waals surface area contributed by atoms with Crippen LogP contribution in [0.3, 0.4) is 0 Å². The van der Waals surface area contributed by atoms with Gasteiger partial charge < -0.3 is 5.11 Å². The van der Waals surface area contributed by atoms with Crippen molar-refractivity contribution in [3.63, 3.8) is 0 Å². The highest BCUT2D eigenvalue weighted by atomic mass is 32.2. The van der Waals surface area contributed by atoms with Crippen LogP contribution < -0.4 is 0 Å². The number of allylic oxidation sites excluding steroid dienone is 5. The van der Waals surface area contributed by atoms with Crippen LogP contribution in [0.2, 0.25) is 0 Å². The molecule has 1 heterocycles. The van der Waals surface area contributed by atoms with Crippen molar-refractivity contribution in [2.24, 2.45) is 0 Å². The summed E-state index contributed by atoms with van der Waals surface area (Å²) >= 11 is 1.94. The lowest BCUT2D eigenvalue weighted by atomic mass is 9.80. The third kappa shape index (κ3) is 4.61. The Kier molecular flexibility index (Phi) is 5.53. The highest BCUT2D eigenvalue weighted by molar-refractivity contribution is 7.99. The number of aliphatic carboxylic acids is 1. The first kappa shape index (κ1) is 17.6. The molecule has 3 heteroatoms. The van der Waals surface area contributed by atoms with Crippen LogP contribution in [0.25, 0.3) is 5.57 Å². The number of carboxylic acid groups (broad SMARTS) is 1. The molecule has 0 radical (unpaired) electrons. The van der Waals surface area contributed by atoms with Crippen molar-refractivity contribution in [1.82, 2.24) is 0 Å². The van der Waals surface area contributed by atoms with Gasteiger partial charge in [-0.3, -0.25) is 0 Å². The minimum Gasteiger partial charge on any atom is -0.478 e. The van der Waals surface area contributed by atoms with Gasteiger partial charge in [-0.15, -0.1) is 11.8 Å². The summed E-state index contributed by atoms with van der Waals surface area (Å²) in [6.45, 7) is 8.50. The first-order chi connectivity index (χ1) is 10.8. The molecule has 0 aromatic heterocycles. The fourth-order valence-electron chi connectivity index (χ4n) is 2.66. The molecule has 0 saturated carbocycles. The predicted molar refractivity (Wildman–Crippen MR) is 99.0 cm³/mol. The number of rotatable bonds is 4. The Morgan fingerprint density at radius 2 is 2.04 bits per heavy atom. The Labute approximate surface area is 143 Å². The van der Waals surface area contributed by atoms with Gasteiger partial charge >= 0.3 is 5.97 Å². The third-order valence-electron chi connectivity index (χ3n) is 4.21. The molecule has 0 amide bonds. The van der Waals surface area contributed by atoms with E-state index in [9.17, 15) is 4.79 Å². The number of hydrogen-bond donors (Lipinski definition) is 1. The molecule has 0 aliphatic carbocycles. The number of fused-ring (bicyclic) bond motifs is 1. The SMILES string of the molecule is CC(/C=C/C=C(\C)c1ccc2c(c1)C(C)(C)CCS2)=C\C(=O)O. The standard InChI is InChI=1S/C20H24O2S/c1-14(12-19(21)22)6-5-7-15(2)16-8-9-18-17(13-16)20(3,4)10-11-23-18/h5-9,12-13H,10-11H2,1-4H3,(H,21,22)/b6-5+,14-12+,15-7+. The first-order valence-electron chi connectivity index (χ1n) is 7.83. The van der Waals surface area contributed by atoms with Gasteiger partial charge in [0.25, 0.3) is 0 Å². The van der Waals surface area contributed by atoms with E-state index in [0.29, 0.717) is 0 Å². The van der Waals surface area contributed by atoms with Crippen molar-refractivity contribution in [1.29, 1.82) is 0 Å².